The van der Waals surface area contributed by atoms with E-state index >= 15 is 0 Å². The monoisotopic (exact) mass is 213 g/mol. The van der Waals surface area contributed by atoms with E-state index in [4.69, 9.17) is 11.5 Å². The number of carbonyl (C=O) groups excluding carboxylic acids is 2. The number of carbonyl (C=O) groups is 2. The van der Waals surface area contributed by atoms with Gasteiger partial charge in [0, 0.05) is 13.0 Å². The predicted octanol–water partition coefficient (Wildman–Crippen LogP) is -0.408. The summed E-state index contributed by atoms with van der Waals surface area (Å²) in [5.74, 6) is -0.357. The number of unbranched alkanes of at least 4 members (excludes halogenated alkanes) is 1. The van der Waals surface area contributed by atoms with Gasteiger partial charge >= 0.3 is 0 Å². The first-order valence-electron chi connectivity index (χ1n) is 5.45. The summed E-state index contributed by atoms with van der Waals surface area (Å²) in [4.78, 5) is 24.4. The number of hydrogen-bond donors (Lipinski definition) is 2. The molecular weight excluding hydrogens is 194 g/mol. The minimum Gasteiger partial charge on any atom is -0.368 e. The second kappa shape index (κ2) is 5.70. The molecule has 2 amide bonds. The summed E-state index contributed by atoms with van der Waals surface area (Å²) >= 11 is 0. The van der Waals surface area contributed by atoms with Crippen LogP contribution in [0, 0.1) is 0 Å². The Kier molecular flexibility index (Phi) is 4.55. The van der Waals surface area contributed by atoms with Crippen LogP contribution < -0.4 is 11.5 Å². The Labute approximate surface area is 89.8 Å². The topological polar surface area (TPSA) is 89.4 Å². The van der Waals surface area contributed by atoms with Gasteiger partial charge in [-0.25, -0.2) is 0 Å². The van der Waals surface area contributed by atoms with Crippen LogP contribution in [0.25, 0.3) is 0 Å². The summed E-state index contributed by atoms with van der Waals surface area (Å²) < 4.78 is 0. The maximum absolute atomic E-state index is 11.7. The van der Waals surface area contributed by atoms with Crippen LogP contribution in [0.2, 0.25) is 0 Å². The van der Waals surface area contributed by atoms with Crippen molar-refractivity contribution in [3.05, 3.63) is 0 Å². The van der Waals surface area contributed by atoms with Crippen LogP contribution in [-0.4, -0.2) is 35.8 Å². The molecule has 1 heterocycles. The molecule has 1 saturated heterocycles. The first kappa shape index (κ1) is 12.0. The smallest absolute Gasteiger partial charge is 0.240 e. The molecule has 86 valence electrons. The highest BCUT2D eigenvalue weighted by Gasteiger charge is 2.31. The van der Waals surface area contributed by atoms with Gasteiger partial charge in [-0.3, -0.25) is 9.59 Å². The highest BCUT2D eigenvalue weighted by molar-refractivity contribution is 5.87. The van der Waals surface area contributed by atoms with Crippen molar-refractivity contribution in [2.75, 3.05) is 13.1 Å². The fraction of sp³-hybridized carbons (Fsp3) is 0.800. The fourth-order valence-corrected chi connectivity index (χ4v) is 1.93. The largest absolute Gasteiger partial charge is 0.368 e. The third-order valence-corrected chi connectivity index (χ3v) is 2.75. The lowest BCUT2D eigenvalue weighted by Gasteiger charge is -2.22. The van der Waals surface area contributed by atoms with Gasteiger partial charge < -0.3 is 16.4 Å². The predicted molar refractivity (Wildman–Crippen MR) is 56.8 cm³/mol. The van der Waals surface area contributed by atoms with Gasteiger partial charge in [-0.05, 0) is 32.2 Å². The minimum atomic E-state index is -0.389. The molecule has 0 aromatic carbocycles. The molecule has 0 aliphatic carbocycles. The van der Waals surface area contributed by atoms with Crippen LogP contribution in [0.4, 0.5) is 0 Å². The normalized spacial score (nSPS) is 20.6. The summed E-state index contributed by atoms with van der Waals surface area (Å²) in [5, 5.41) is 0. The average Bonchev–Trinajstić information content (AvgIpc) is 2.66. The molecule has 1 atom stereocenters. The van der Waals surface area contributed by atoms with Crippen molar-refractivity contribution >= 4 is 11.8 Å². The van der Waals surface area contributed by atoms with Crippen LogP contribution >= 0.6 is 0 Å². The molecule has 0 saturated carbocycles. The number of nitrogens with two attached hydrogens (primary N) is 2. The number of nitrogens with zero attached hydrogens (tertiary/aromatic N) is 1. The van der Waals surface area contributed by atoms with Crippen LogP contribution in [0.15, 0.2) is 0 Å². The van der Waals surface area contributed by atoms with Crippen molar-refractivity contribution in [2.45, 2.75) is 38.1 Å². The van der Waals surface area contributed by atoms with E-state index in [1.54, 1.807) is 4.90 Å². The van der Waals surface area contributed by atoms with E-state index in [2.05, 4.69) is 0 Å². The van der Waals surface area contributed by atoms with E-state index in [9.17, 15) is 9.59 Å². The Morgan fingerprint density at radius 1 is 1.33 bits per heavy atom. The molecule has 5 heteroatoms. The van der Waals surface area contributed by atoms with Gasteiger partial charge in [0.2, 0.25) is 11.8 Å². The average molecular weight is 213 g/mol. The molecule has 0 aromatic rings. The zero-order valence-electron chi connectivity index (χ0n) is 8.95. The molecule has 1 rings (SSSR count). The molecule has 0 radical (unpaired) electrons. The van der Waals surface area contributed by atoms with E-state index in [0.717, 1.165) is 19.3 Å². The molecule has 1 fully saturated rings. The van der Waals surface area contributed by atoms with Crippen molar-refractivity contribution < 1.29 is 9.59 Å². The van der Waals surface area contributed by atoms with Crippen LogP contribution in [0.3, 0.4) is 0 Å². The molecule has 5 nitrogen and oxygen atoms in total. The summed E-state index contributed by atoms with van der Waals surface area (Å²) in [7, 11) is 0. The van der Waals surface area contributed by atoms with Gasteiger partial charge in [0.25, 0.3) is 0 Å². The van der Waals surface area contributed by atoms with E-state index < -0.39 is 0 Å². The van der Waals surface area contributed by atoms with E-state index in [1.807, 2.05) is 0 Å². The van der Waals surface area contributed by atoms with Gasteiger partial charge in [0.15, 0.2) is 0 Å². The number of primary amides is 1. The molecule has 1 aliphatic rings. The molecule has 1 unspecified atom stereocenters. The SMILES string of the molecule is NCCCCC(=O)N1CCCC1C(N)=O. The molecule has 0 aromatic heterocycles. The van der Waals surface area contributed by atoms with Crippen LogP contribution in [0.5, 0.6) is 0 Å². The summed E-state index contributed by atoms with van der Waals surface area (Å²) in [6, 6.07) is -0.379. The first-order chi connectivity index (χ1) is 7.16. The molecule has 1 aliphatic heterocycles. The zero-order valence-corrected chi connectivity index (χ0v) is 8.95. The summed E-state index contributed by atoms with van der Waals surface area (Å²) in [5.41, 5.74) is 10.6. The molecular formula is C10H19N3O2. The Hall–Kier alpha value is -1.10. The Morgan fingerprint density at radius 2 is 2.07 bits per heavy atom. The lowest BCUT2D eigenvalue weighted by molar-refractivity contribution is -0.137. The van der Waals surface area contributed by atoms with Crippen molar-refractivity contribution in [3.63, 3.8) is 0 Å². The fourth-order valence-electron chi connectivity index (χ4n) is 1.93. The molecule has 0 spiro atoms. The second-order valence-corrected chi connectivity index (χ2v) is 3.89. The molecule has 15 heavy (non-hydrogen) atoms. The lowest BCUT2D eigenvalue weighted by atomic mass is 10.2. The zero-order chi connectivity index (χ0) is 11.3. The van der Waals surface area contributed by atoms with Crippen molar-refractivity contribution in [1.29, 1.82) is 0 Å². The van der Waals surface area contributed by atoms with E-state index in [1.165, 1.54) is 0 Å². The van der Waals surface area contributed by atoms with Gasteiger partial charge in [0.05, 0.1) is 0 Å². The van der Waals surface area contributed by atoms with E-state index in [0.29, 0.717) is 25.9 Å². The standard InChI is InChI=1S/C10H19N3O2/c11-6-2-1-5-9(14)13-7-3-4-8(13)10(12)15/h8H,1-7,11H2,(H2,12,15). The van der Waals surface area contributed by atoms with Crippen LogP contribution in [0.1, 0.15) is 32.1 Å². The third kappa shape index (κ3) is 3.20. The summed E-state index contributed by atoms with van der Waals surface area (Å²) in [6.45, 7) is 1.27. The van der Waals surface area contributed by atoms with Gasteiger partial charge in [-0.1, -0.05) is 0 Å². The lowest BCUT2D eigenvalue weighted by Crippen LogP contribution is -2.43. The van der Waals surface area contributed by atoms with Gasteiger partial charge in [0.1, 0.15) is 6.04 Å². The van der Waals surface area contributed by atoms with Crippen LogP contribution in [-0.2, 0) is 9.59 Å². The Bertz CT molecular complexity index is 243. The van der Waals surface area contributed by atoms with Crippen molar-refractivity contribution in [2.24, 2.45) is 11.5 Å². The molecule has 0 bridgehead atoms. The Morgan fingerprint density at radius 3 is 2.67 bits per heavy atom. The maximum atomic E-state index is 11.7. The van der Waals surface area contributed by atoms with Gasteiger partial charge in [-0.15, -0.1) is 0 Å². The quantitative estimate of drug-likeness (QED) is 0.608. The van der Waals surface area contributed by atoms with Crippen molar-refractivity contribution in [3.8, 4) is 0 Å². The first-order valence-corrected chi connectivity index (χ1v) is 5.45. The number of likely N-dealkylation sites (tertiary alicyclic amines) is 1. The summed E-state index contributed by atoms with van der Waals surface area (Å²) in [6.07, 6.45) is 3.69. The number of rotatable bonds is 5. The minimum absolute atomic E-state index is 0.0322. The third-order valence-electron chi connectivity index (χ3n) is 2.75. The second-order valence-electron chi connectivity index (χ2n) is 3.89. The number of amides is 2. The van der Waals surface area contributed by atoms with Crippen molar-refractivity contribution in [1.82, 2.24) is 4.90 Å². The maximum Gasteiger partial charge on any atom is 0.240 e. The van der Waals surface area contributed by atoms with E-state index in [-0.39, 0.29) is 17.9 Å². The highest BCUT2D eigenvalue weighted by Crippen LogP contribution is 2.18. The Balaban J connectivity index is 2.40. The van der Waals surface area contributed by atoms with Gasteiger partial charge in [-0.2, -0.15) is 0 Å². The highest BCUT2D eigenvalue weighted by atomic mass is 16.2. The molecule has 4 N–H and O–H groups in total. The number of hydrogen-bond acceptors (Lipinski definition) is 3.